The Labute approximate surface area is 168 Å². The average molecular weight is 392 g/mol. The Morgan fingerprint density at radius 2 is 2.10 bits per heavy atom. The maximum atomic E-state index is 11.1. The molecule has 0 radical (unpaired) electrons. The number of carbonyl (C=O) groups is 1. The fourth-order valence-electron chi connectivity index (χ4n) is 3.03. The third kappa shape index (κ3) is 4.64. The van der Waals surface area contributed by atoms with Gasteiger partial charge in [-0.2, -0.15) is 5.10 Å². The van der Waals surface area contributed by atoms with Gasteiger partial charge in [0, 0.05) is 30.3 Å². The lowest BCUT2D eigenvalue weighted by Gasteiger charge is -2.11. The Morgan fingerprint density at radius 1 is 1.28 bits per heavy atom. The molecule has 5 N–H and O–H groups in total. The summed E-state index contributed by atoms with van der Waals surface area (Å²) >= 11 is 0. The van der Waals surface area contributed by atoms with E-state index in [2.05, 4.69) is 32.5 Å². The van der Waals surface area contributed by atoms with Crippen molar-refractivity contribution in [2.75, 3.05) is 0 Å². The summed E-state index contributed by atoms with van der Waals surface area (Å²) in [6, 6.07) is 11.5. The molecule has 0 spiro atoms. The number of hydrogen-bond acceptors (Lipinski definition) is 7. The number of hydrazine groups is 1. The van der Waals surface area contributed by atoms with E-state index in [-0.39, 0.29) is 5.82 Å². The molecule has 1 aromatic carbocycles. The number of nitrogens with two attached hydrogens (primary N) is 2. The number of hydrazone groups is 1. The molecule has 0 fully saturated rings. The first-order chi connectivity index (χ1) is 14.2. The van der Waals surface area contributed by atoms with Crippen LogP contribution in [0.4, 0.5) is 0 Å². The van der Waals surface area contributed by atoms with Crippen molar-refractivity contribution in [3.63, 3.8) is 0 Å². The summed E-state index contributed by atoms with van der Waals surface area (Å²) in [7, 11) is 0. The van der Waals surface area contributed by atoms with E-state index in [1.54, 1.807) is 10.9 Å². The molecule has 0 unspecified atom stereocenters. The van der Waals surface area contributed by atoms with E-state index in [1.807, 2.05) is 36.4 Å². The molecule has 0 atom stereocenters. The number of aldehydes is 1. The van der Waals surface area contributed by atoms with Crippen LogP contribution in [0.1, 0.15) is 47.3 Å². The summed E-state index contributed by atoms with van der Waals surface area (Å²) in [6.07, 6.45) is 5.02. The topological polar surface area (TPSA) is 137 Å². The smallest absolute Gasteiger partial charge is 0.214 e. The third-order valence-corrected chi connectivity index (χ3v) is 4.50. The van der Waals surface area contributed by atoms with Crippen LogP contribution in [0, 0.1) is 0 Å². The normalized spacial score (nSPS) is 11.4. The zero-order valence-corrected chi connectivity index (χ0v) is 16.2. The highest BCUT2D eigenvalue weighted by Gasteiger charge is 2.13. The van der Waals surface area contributed by atoms with Crippen molar-refractivity contribution >= 4 is 12.1 Å². The van der Waals surface area contributed by atoms with Crippen LogP contribution >= 0.6 is 0 Å². The van der Waals surface area contributed by atoms with Gasteiger partial charge < -0.3 is 11.3 Å². The van der Waals surface area contributed by atoms with Crippen molar-refractivity contribution in [1.82, 2.24) is 25.2 Å². The first-order valence-electron chi connectivity index (χ1n) is 9.38. The van der Waals surface area contributed by atoms with Crippen LogP contribution in [0.25, 0.3) is 11.3 Å². The van der Waals surface area contributed by atoms with Crippen LogP contribution in [0.3, 0.4) is 0 Å². The van der Waals surface area contributed by atoms with Gasteiger partial charge in [0.05, 0.1) is 5.69 Å². The van der Waals surface area contributed by atoms with Gasteiger partial charge >= 0.3 is 0 Å². The van der Waals surface area contributed by atoms with Gasteiger partial charge in [-0.15, -0.1) is 5.10 Å². The zero-order valence-electron chi connectivity index (χ0n) is 16.2. The van der Waals surface area contributed by atoms with Gasteiger partial charge in [0.25, 0.3) is 0 Å². The van der Waals surface area contributed by atoms with Crippen LogP contribution in [-0.4, -0.2) is 31.9 Å². The summed E-state index contributed by atoms with van der Waals surface area (Å²) in [5.41, 5.74) is 5.85. The first-order valence-corrected chi connectivity index (χ1v) is 9.38. The molecule has 9 heteroatoms. The second-order valence-corrected chi connectivity index (χ2v) is 6.48. The fraction of sp³-hybridized carbons (Fsp3) is 0.250. The lowest BCUT2D eigenvalue weighted by atomic mass is 10.0. The molecular formula is C20H24N8O. The quantitative estimate of drug-likeness (QED) is 0.174. The third-order valence-electron chi connectivity index (χ3n) is 4.50. The second-order valence-electron chi connectivity index (χ2n) is 6.48. The van der Waals surface area contributed by atoms with Gasteiger partial charge in [-0.1, -0.05) is 43.7 Å². The van der Waals surface area contributed by atoms with E-state index in [9.17, 15) is 4.79 Å². The Morgan fingerprint density at radius 3 is 2.76 bits per heavy atom. The predicted molar refractivity (Wildman–Crippen MR) is 111 cm³/mol. The number of carbonyl (C=O) groups excluding carboxylic acids is 1. The van der Waals surface area contributed by atoms with E-state index in [0.717, 1.165) is 47.6 Å². The van der Waals surface area contributed by atoms with Crippen molar-refractivity contribution in [2.24, 2.45) is 16.8 Å². The largest absolute Gasteiger partial charge is 0.321 e. The summed E-state index contributed by atoms with van der Waals surface area (Å²) in [6.45, 7) is 2.84. The predicted octanol–water partition coefficient (Wildman–Crippen LogP) is 1.63. The molecule has 3 rings (SSSR count). The molecular weight excluding hydrogens is 368 g/mol. The molecule has 0 saturated carbocycles. The summed E-state index contributed by atoms with van der Waals surface area (Å²) in [5, 5.41) is 7.94. The summed E-state index contributed by atoms with van der Waals surface area (Å²) in [5.74, 6) is 12.3. The molecule has 0 aliphatic carbocycles. The highest BCUT2D eigenvalue weighted by molar-refractivity contribution is 6.03. The molecule has 2 aromatic heterocycles. The fourth-order valence-corrected chi connectivity index (χ4v) is 3.03. The lowest BCUT2D eigenvalue weighted by Crippen LogP contribution is -2.32. The Balaban J connectivity index is 1.86. The van der Waals surface area contributed by atoms with Gasteiger partial charge in [0.2, 0.25) is 5.82 Å². The van der Waals surface area contributed by atoms with Crippen molar-refractivity contribution in [1.29, 1.82) is 0 Å². The Hall–Kier alpha value is -3.59. The molecule has 29 heavy (non-hydrogen) atoms. The molecule has 0 aliphatic heterocycles. The maximum Gasteiger partial charge on any atom is 0.214 e. The van der Waals surface area contributed by atoms with Crippen LogP contribution in [-0.2, 0) is 13.0 Å². The highest BCUT2D eigenvalue weighted by Crippen LogP contribution is 2.22. The monoisotopic (exact) mass is 392 g/mol. The van der Waals surface area contributed by atoms with Crippen molar-refractivity contribution in [3.05, 3.63) is 65.4 Å². The molecule has 9 nitrogen and oxygen atoms in total. The molecule has 0 bridgehead atoms. The second kappa shape index (κ2) is 9.56. The van der Waals surface area contributed by atoms with Gasteiger partial charge in [-0.05, 0) is 18.1 Å². The van der Waals surface area contributed by atoms with Crippen LogP contribution in [0.2, 0.25) is 0 Å². The number of benzene rings is 1. The number of nitrogens with one attached hydrogen (secondary N) is 1. The lowest BCUT2D eigenvalue weighted by molar-refractivity contribution is 0.111. The minimum absolute atomic E-state index is 0.206. The summed E-state index contributed by atoms with van der Waals surface area (Å²) in [4.78, 5) is 20.0. The van der Waals surface area contributed by atoms with E-state index >= 15 is 0 Å². The Bertz CT molecular complexity index is 994. The standard InChI is InChI=1S/C20H24N8O/c1-2-3-10-28-19(24-18(13-29)27-28)11-14-8-9-17(23-12-14)15-6-4-5-7-16(15)20(25-21)26-22/h4-9,12-13H,2-3,10-11,21-22H2,1H3,(H,25,26). The number of nitrogens with zero attached hydrogens (tertiary/aromatic N) is 5. The van der Waals surface area contributed by atoms with E-state index in [4.69, 9.17) is 11.7 Å². The van der Waals surface area contributed by atoms with Gasteiger partial charge in [-0.3, -0.25) is 9.78 Å². The number of aryl methyl sites for hydroxylation is 1. The number of pyridine rings is 1. The van der Waals surface area contributed by atoms with Crippen molar-refractivity contribution < 1.29 is 4.79 Å². The highest BCUT2D eigenvalue weighted by atomic mass is 16.1. The SMILES string of the molecule is CCCCn1nc(C=O)nc1Cc1ccc(-c2ccccc2/C(=N/N)NN)nc1. The number of aromatic nitrogens is 4. The van der Waals surface area contributed by atoms with Crippen LogP contribution in [0.15, 0.2) is 47.7 Å². The van der Waals surface area contributed by atoms with E-state index in [1.165, 1.54) is 0 Å². The first kappa shape index (κ1) is 20.2. The molecule has 0 saturated heterocycles. The number of amidine groups is 1. The average Bonchev–Trinajstić information content (AvgIpc) is 3.16. The minimum Gasteiger partial charge on any atom is -0.321 e. The van der Waals surface area contributed by atoms with Crippen molar-refractivity contribution in [2.45, 2.75) is 32.7 Å². The number of hydrogen-bond donors (Lipinski definition) is 3. The van der Waals surface area contributed by atoms with Gasteiger partial charge in [0.1, 0.15) is 5.82 Å². The summed E-state index contributed by atoms with van der Waals surface area (Å²) < 4.78 is 1.80. The van der Waals surface area contributed by atoms with Crippen LogP contribution < -0.4 is 17.1 Å². The number of rotatable bonds is 8. The van der Waals surface area contributed by atoms with Crippen molar-refractivity contribution in [3.8, 4) is 11.3 Å². The molecule has 0 amide bonds. The van der Waals surface area contributed by atoms with E-state index < -0.39 is 0 Å². The molecule has 2 heterocycles. The van der Waals surface area contributed by atoms with E-state index in [0.29, 0.717) is 18.5 Å². The molecule has 150 valence electrons. The van der Waals surface area contributed by atoms with Crippen LogP contribution in [0.5, 0.6) is 0 Å². The molecule has 3 aromatic rings. The number of unbranched alkanes of at least 4 members (excludes halogenated alkanes) is 1. The van der Waals surface area contributed by atoms with Gasteiger partial charge in [0.15, 0.2) is 12.1 Å². The zero-order chi connectivity index (χ0) is 20.6. The Kier molecular flexibility index (Phi) is 6.64. The maximum absolute atomic E-state index is 11.1. The molecule has 0 aliphatic rings. The minimum atomic E-state index is 0.206. The van der Waals surface area contributed by atoms with Gasteiger partial charge in [-0.25, -0.2) is 15.5 Å².